The lowest BCUT2D eigenvalue weighted by molar-refractivity contribution is 0.252. The van der Waals surface area contributed by atoms with Gasteiger partial charge in [-0.25, -0.2) is 14.5 Å². The zero-order valence-electron chi connectivity index (χ0n) is 11.8. The summed E-state index contributed by atoms with van der Waals surface area (Å²) in [5, 5.41) is 11.8. The molecule has 0 radical (unpaired) electrons. The van der Waals surface area contributed by atoms with Gasteiger partial charge in [0.2, 0.25) is 0 Å². The van der Waals surface area contributed by atoms with Crippen molar-refractivity contribution in [3.8, 4) is 5.69 Å². The van der Waals surface area contributed by atoms with Crippen LogP contribution in [-0.2, 0) is 6.42 Å². The molecule has 112 valence electrons. The summed E-state index contributed by atoms with van der Waals surface area (Å²) in [6.07, 6.45) is 2.52. The standard InChI is InChI=1S/C15H15N5OS/c21-15(16-8-6-12-10-22-11-17-12)18-14-7-9-20(19-14)13-4-2-1-3-5-13/h1-5,7,9-11H,6,8H2,(H2,16,18,19,21). The van der Waals surface area contributed by atoms with Crippen molar-refractivity contribution in [1.82, 2.24) is 20.1 Å². The minimum atomic E-state index is -0.270. The largest absolute Gasteiger partial charge is 0.337 e. The van der Waals surface area contributed by atoms with E-state index in [1.807, 2.05) is 35.7 Å². The van der Waals surface area contributed by atoms with Crippen LogP contribution in [0.1, 0.15) is 5.69 Å². The van der Waals surface area contributed by atoms with Gasteiger partial charge in [0.25, 0.3) is 0 Å². The summed E-state index contributed by atoms with van der Waals surface area (Å²) in [6, 6.07) is 11.2. The number of hydrogen-bond acceptors (Lipinski definition) is 4. The van der Waals surface area contributed by atoms with Crippen molar-refractivity contribution in [3.05, 3.63) is 59.2 Å². The summed E-state index contributed by atoms with van der Waals surface area (Å²) in [6.45, 7) is 0.537. The van der Waals surface area contributed by atoms with Crippen LogP contribution in [-0.4, -0.2) is 27.3 Å². The van der Waals surface area contributed by atoms with Gasteiger partial charge in [-0.15, -0.1) is 16.4 Å². The van der Waals surface area contributed by atoms with Gasteiger partial charge < -0.3 is 5.32 Å². The number of aromatic nitrogens is 3. The third-order valence-electron chi connectivity index (χ3n) is 3.00. The van der Waals surface area contributed by atoms with Gasteiger partial charge in [-0.1, -0.05) is 18.2 Å². The van der Waals surface area contributed by atoms with E-state index in [9.17, 15) is 4.79 Å². The molecule has 0 unspecified atom stereocenters. The number of anilines is 1. The van der Waals surface area contributed by atoms with Crippen molar-refractivity contribution < 1.29 is 4.79 Å². The Kier molecular flexibility index (Phi) is 4.45. The number of amides is 2. The number of urea groups is 1. The number of nitrogens with one attached hydrogen (secondary N) is 2. The van der Waals surface area contributed by atoms with Gasteiger partial charge in [0.05, 0.1) is 16.9 Å². The molecule has 0 aliphatic carbocycles. The fourth-order valence-electron chi connectivity index (χ4n) is 1.94. The number of para-hydroxylation sites is 1. The number of benzene rings is 1. The summed E-state index contributed by atoms with van der Waals surface area (Å²) in [4.78, 5) is 16.0. The van der Waals surface area contributed by atoms with Crippen LogP contribution in [0.3, 0.4) is 0 Å². The maximum Gasteiger partial charge on any atom is 0.320 e. The number of hydrogen-bond donors (Lipinski definition) is 2. The molecule has 0 saturated carbocycles. The predicted octanol–water partition coefficient (Wildman–Crippen LogP) is 2.69. The van der Waals surface area contributed by atoms with Crippen LogP contribution in [0.25, 0.3) is 5.69 Å². The van der Waals surface area contributed by atoms with Gasteiger partial charge in [0, 0.05) is 30.6 Å². The number of carbonyl (C=O) groups excluding carboxylic acids is 1. The minimum absolute atomic E-state index is 0.270. The van der Waals surface area contributed by atoms with E-state index in [1.54, 1.807) is 33.8 Å². The SMILES string of the molecule is O=C(NCCc1cscn1)Nc1ccn(-c2ccccc2)n1. The lowest BCUT2D eigenvalue weighted by Crippen LogP contribution is -2.30. The number of rotatable bonds is 5. The van der Waals surface area contributed by atoms with E-state index in [0.29, 0.717) is 12.4 Å². The summed E-state index contributed by atoms with van der Waals surface area (Å²) in [5.74, 6) is 0.509. The molecule has 2 N–H and O–H groups in total. The molecule has 0 bridgehead atoms. The highest BCUT2D eigenvalue weighted by atomic mass is 32.1. The first-order chi connectivity index (χ1) is 10.8. The number of thiazole rings is 1. The molecular formula is C15H15N5OS. The molecule has 6 nitrogen and oxygen atoms in total. The normalized spacial score (nSPS) is 10.4. The molecule has 2 amide bonds. The van der Waals surface area contributed by atoms with Crippen molar-refractivity contribution in [2.45, 2.75) is 6.42 Å². The molecule has 3 aromatic rings. The van der Waals surface area contributed by atoms with Crippen LogP contribution in [0.5, 0.6) is 0 Å². The first kappa shape index (κ1) is 14.3. The number of nitrogens with zero attached hydrogens (tertiary/aromatic N) is 3. The van der Waals surface area contributed by atoms with Gasteiger partial charge in [-0.3, -0.25) is 5.32 Å². The molecule has 0 fully saturated rings. The van der Waals surface area contributed by atoms with Crippen LogP contribution >= 0.6 is 11.3 Å². The van der Waals surface area contributed by atoms with Gasteiger partial charge in [-0.2, -0.15) is 0 Å². The Hall–Kier alpha value is -2.67. The van der Waals surface area contributed by atoms with E-state index in [1.165, 1.54) is 0 Å². The molecule has 2 aromatic heterocycles. The average Bonchev–Trinajstić information content (AvgIpc) is 3.20. The van der Waals surface area contributed by atoms with E-state index in [0.717, 1.165) is 17.8 Å². The monoisotopic (exact) mass is 313 g/mol. The molecule has 0 atom stereocenters. The highest BCUT2D eigenvalue weighted by Crippen LogP contribution is 2.09. The second-order valence-corrected chi connectivity index (χ2v) is 5.31. The topological polar surface area (TPSA) is 71.8 Å². The predicted molar refractivity (Wildman–Crippen MR) is 86.4 cm³/mol. The first-order valence-corrected chi connectivity index (χ1v) is 7.78. The van der Waals surface area contributed by atoms with E-state index in [2.05, 4.69) is 20.7 Å². The summed E-state index contributed by atoms with van der Waals surface area (Å²) in [5.41, 5.74) is 3.71. The van der Waals surface area contributed by atoms with Gasteiger partial charge in [0.15, 0.2) is 5.82 Å². The van der Waals surface area contributed by atoms with Crippen molar-refractivity contribution in [2.75, 3.05) is 11.9 Å². The maximum absolute atomic E-state index is 11.8. The van der Waals surface area contributed by atoms with Crippen LogP contribution in [0.4, 0.5) is 10.6 Å². The summed E-state index contributed by atoms with van der Waals surface area (Å²) in [7, 11) is 0. The van der Waals surface area contributed by atoms with Gasteiger partial charge in [0.1, 0.15) is 0 Å². The Bertz CT molecular complexity index is 723. The molecule has 1 aromatic carbocycles. The van der Waals surface area contributed by atoms with Crippen LogP contribution < -0.4 is 10.6 Å². The van der Waals surface area contributed by atoms with Gasteiger partial charge >= 0.3 is 6.03 Å². The van der Waals surface area contributed by atoms with Gasteiger partial charge in [-0.05, 0) is 12.1 Å². The van der Waals surface area contributed by atoms with Crippen molar-refractivity contribution in [3.63, 3.8) is 0 Å². The molecule has 22 heavy (non-hydrogen) atoms. The Balaban J connectivity index is 1.50. The van der Waals surface area contributed by atoms with Crippen LogP contribution in [0.15, 0.2) is 53.5 Å². The van der Waals surface area contributed by atoms with E-state index in [4.69, 9.17) is 0 Å². The molecule has 7 heteroatoms. The first-order valence-electron chi connectivity index (χ1n) is 6.84. The van der Waals surface area contributed by atoms with Crippen molar-refractivity contribution in [2.24, 2.45) is 0 Å². The third-order valence-corrected chi connectivity index (χ3v) is 3.64. The summed E-state index contributed by atoms with van der Waals surface area (Å²) < 4.78 is 1.71. The maximum atomic E-state index is 11.8. The van der Waals surface area contributed by atoms with Crippen LogP contribution in [0.2, 0.25) is 0 Å². The molecule has 3 rings (SSSR count). The quantitative estimate of drug-likeness (QED) is 0.760. The highest BCUT2D eigenvalue weighted by molar-refractivity contribution is 7.07. The molecular weight excluding hydrogens is 298 g/mol. The minimum Gasteiger partial charge on any atom is -0.337 e. The highest BCUT2D eigenvalue weighted by Gasteiger charge is 2.05. The van der Waals surface area contributed by atoms with E-state index < -0.39 is 0 Å². The van der Waals surface area contributed by atoms with Crippen LogP contribution in [0, 0.1) is 0 Å². The Morgan fingerprint density at radius 3 is 2.86 bits per heavy atom. The molecule has 2 heterocycles. The second kappa shape index (κ2) is 6.86. The molecule has 0 aliphatic heterocycles. The zero-order valence-corrected chi connectivity index (χ0v) is 12.6. The lowest BCUT2D eigenvalue weighted by atomic mass is 10.3. The van der Waals surface area contributed by atoms with E-state index >= 15 is 0 Å². The van der Waals surface area contributed by atoms with E-state index in [-0.39, 0.29) is 6.03 Å². The Morgan fingerprint density at radius 2 is 2.09 bits per heavy atom. The number of carbonyl (C=O) groups is 1. The fourth-order valence-corrected chi connectivity index (χ4v) is 2.53. The van der Waals surface area contributed by atoms with Crippen molar-refractivity contribution in [1.29, 1.82) is 0 Å². The Labute approximate surface area is 131 Å². The lowest BCUT2D eigenvalue weighted by Gasteiger charge is -2.04. The average molecular weight is 313 g/mol. The van der Waals surface area contributed by atoms with Crippen molar-refractivity contribution >= 4 is 23.2 Å². The zero-order chi connectivity index (χ0) is 15.2. The second-order valence-electron chi connectivity index (χ2n) is 4.59. The molecule has 0 saturated heterocycles. The fraction of sp³-hybridized carbons (Fsp3) is 0.133. The molecule has 0 spiro atoms. The summed E-state index contributed by atoms with van der Waals surface area (Å²) >= 11 is 1.55. The molecule has 0 aliphatic rings. The smallest absolute Gasteiger partial charge is 0.320 e. The Morgan fingerprint density at radius 1 is 1.23 bits per heavy atom. The third kappa shape index (κ3) is 3.70.